The lowest BCUT2D eigenvalue weighted by Crippen LogP contribution is -2.25. The predicted octanol–water partition coefficient (Wildman–Crippen LogP) is 2.61. The minimum Gasteiger partial charge on any atom is -0.399 e. The van der Waals surface area contributed by atoms with Crippen LogP contribution >= 0.6 is 11.3 Å². The van der Waals surface area contributed by atoms with Crippen LogP contribution in [0.4, 0.5) is 5.69 Å². The first-order valence-corrected chi connectivity index (χ1v) is 6.76. The van der Waals surface area contributed by atoms with Crippen molar-refractivity contribution in [3.8, 4) is 0 Å². The number of hydrogen-bond acceptors (Lipinski definition) is 3. The molecule has 0 saturated heterocycles. The van der Waals surface area contributed by atoms with Gasteiger partial charge in [-0.3, -0.25) is 4.79 Å². The van der Waals surface area contributed by atoms with E-state index in [4.69, 9.17) is 5.73 Å². The highest BCUT2D eigenvalue weighted by Crippen LogP contribution is 2.13. The Balaban J connectivity index is 1.84. The number of nitrogens with two attached hydrogens (primary N) is 1. The molecule has 0 unspecified atom stereocenters. The normalized spacial score (nSPS) is 10.3. The van der Waals surface area contributed by atoms with E-state index in [-0.39, 0.29) is 5.91 Å². The zero-order valence-electron chi connectivity index (χ0n) is 10.3. The second kappa shape index (κ2) is 5.69. The van der Waals surface area contributed by atoms with Crippen molar-refractivity contribution < 1.29 is 4.79 Å². The fraction of sp³-hybridized carbons (Fsp3) is 0.214. The van der Waals surface area contributed by atoms with Crippen molar-refractivity contribution >= 4 is 22.9 Å². The third-order valence-corrected chi connectivity index (χ3v) is 3.64. The zero-order valence-corrected chi connectivity index (χ0v) is 11.1. The maximum atomic E-state index is 11.8. The fourth-order valence-corrected chi connectivity index (χ4v) is 2.52. The van der Waals surface area contributed by atoms with Gasteiger partial charge in [0.25, 0.3) is 5.91 Å². The summed E-state index contributed by atoms with van der Waals surface area (Å²) >= 11 is 1.55. The van der Waals surface area contributed by atoms with Gasteiger partial charge in [0, 0.05) is 17.6 Å². The molecule has 0 aliphatic heterocycles. The van der Waals surface area contributed by atoms with Crippen LogP contribution in [0.1, 0.15) is 21.5 Å². The molecule has 0 bridgehead atoms. The van der Waals surface area contributed by atoms with Gasteiger partial charge in [0.05, 0.1) is 5.56 Å². The van der Waals surface area contributed by atoms with Crippen molar-refractivity contribution in [1.29, 1.82) is 0 Å². The molecular formula is C14H16N2OS. The number of carbonyl (C=O) groups is 1. The molecule has 2 aromatic rings. The number of anilines is 1. The summed E-state index contributed by atoms with van der Waals surface area (Å²) in [5, 5.41) is 6.79. The molecule has 1 aromatic heterocycles. The van der Waals surface area contributed by atoms with Crippen LogP contribution in [0.15, 0.2) is 35.0 Å². The molecule has 0 atom stereocenters. The maximum absolute atomic E-state index is 11.8. The van der Waals surface area contributed by atoms with Crippen LogP contribution in [-0.2, 0) is 6.42 Å². The number of amides is 1. The standard InChI is InChI=1S/C14H16N2OS/c1-10-8-18-9-13(10)14(17)16-7-6-11-2-4-12(15)5-3-11/h2-5,8-9H,6-7,15H2,1H3,(H,16,17). The van der Waals surface area contributed by atoms with Crippen LogP contribution in [0.5, 0.6) is 0 Å². The average Bonchev–Trinajstić information content (AvgIpc) is 2.78. The van der Waals surface area contributed by atoms with Gasteiger partial charge in [-0.15, -0.1) is 0 Å². The number of benzene rings is 1. The molecule has 18 heavy (non-hydrogen) atoms. The molecule has 0 saturated carbocycles. The summed E-state index contributed by atoms with van der Waals surface area (Å²) in [6.07, 6.45) is 0.815. The summed E-state index contributed by atoms with van der Waals surface area (Å²) in [6, 6.07) is 7.72. The summed E-state index contributed by atoms with van der Waals surface area (Å²) in [5.74, 6) is 0.00388. The largest absolute Gasteiger partial charge is 0.399 e. The van der Waals surface area contributed by atoms with E-state index in [1.165, 1.54) is 5.56 Å². The highest BCUT2D eigenvalue weighted by atomic mass is 32.1. The van der Waals surface area contributed by atoms with E-state index in [1.807, 2.05) is 41.9 Å². The lowest BCUT2D eigenvalue weighted by Gasteiger charge is -2.05. The van der Waals surface area contributed by atoms with E-state index in [0.29, 0.717) is 6.54 Å². The van der Waals surface area contributed by atoms with E-state index in [0.717, 1.165) is 23.2 Å². The van der Waals surface area contributed by atoms with Crippen LogP contribution < -0.4 is 11.1 Å². The number of nitrogen functional groups attached to an aromatic ring is 1. The van der Waals surface area contributed by atoms with Gasteiger partial charge in [0.2, 0.25) is 0 Å². The first kappa shape index (κ1) is 12.6. The van der Waals surface area contributed by atoms with Gasteiger partial charge in [-0.05, 0) is 42.0 Å². The number of aryl methyl sites for hydroxylation is 1. The Kier molecular flexibility index (Phi) is 3.99. The van der Waals surface area contributed by atoms with E-state index in [2.05, 4.69) is 5.32 Å². The van der Waals surface area contributed by atoms with Gasteiger partial charge in [-0.25, -0.2) is 0 Å². The smallest absolute Gasteiger partial charge is 0.252 e. The van der Waals surface area contributed by atoms with Crippen LogP contribution in [-0.4, -0.2) is 12.5 Å². The molecule has 94 valence electrons. The molecule has 1 aromatic carbocycles. The minimum atomic E-state index is 0.00388. The molecule has 4 heteroatoms. The van der Waals surface area contributed by atoms with E-state index in [9.17, 15) is 4.79 Å². The first-order valence-electron chi connectivity index (χ1n) is 5.82. The molecule has 0 radical (unpaired) electrons. The summed E-state index contributed by atoms with van der Waals surface area (Å²) in [5.41, 5.74) is 9.36. The molecule has 2 rings (SSSR count). The molecule has 3 nitrogen and oxygen atoms in total. The molecule has 1 amide bonds. The second-order valence-corrected chi connectivity index (χ2v) is 4.96. The number of rotatable bonds is 4. The van der Waals surface area contributed by atoms with E-state index >= 15 is 0 Å². The van der Waals surface area contributed by atoms with Gasteiger partial charge in [-0.2, -0.15) is 11.3 Å². The maximum Gasteiger partial charge on any atom is 0.252 e. The van der Waals surface area contributed by atoms with Crippen molar-refractivity contribution in [2.45, 2.75) is 13.3 Å². The number of carbonyl (C=O) groups excluding carboxylic acids is 1. The second-order valence-electron chi connectivity index (χ2n) is 4.22. The molecule has 0 aliphatic carbocycles. The van der Waals surface area contributed by atoms with Crippen LogP contribution in [0.25, 0.3) is 0 Å². The van der Waals surface area contributed by atoms with Crippen LogP contribution in [0.2, 0.25) is 0 Å². The Morgan fingerprint density at radius 1 is 1.28 bits per heavy atom. The number of nitrogens with one attached hydrogen (secondary N) is 1. The SMILES string of the molecule is Cc1cscc1C(=O)NCCc1ccc(N)cc1. The van der Waals surface area contributed by atoms with Crippen molar-refractivity contribution in [2.24, 2.45) is 0 Å². The van der Waals surface area contributed by atoms with E-state index < -0.39 is 0 Å². The number of hydrogen-bond donors (Lipinski definition) is 2. The fourth-order valence-electron chi connectivity index (χ4n) is 1.69. The molecule has 3 N–H and O–H groups in total. The van der Waals surface area contributed by atoms with E-state index in [1.54, 1.807) is 11.3 Å². The Morgan fingerprint density at radius 3 is 2.61 bits per heavy atom. The third kappa shape index (κ3) is 3.11. The van der Waals surface area contributed by atoms with Gasteiger partial charge in [0.15, 0.2) is 0 Å². The third-order valence-electron chi connectivity index (χ3n) is 2.78. The van der Waals surface area contributed by atoms with Gasteiger partial charge in [0.1, 0.15) is 0 Å². The Hall–Kier alpha value is -1.81. The highest BCUT2D eigenvalue weighted by Gasteiger charge is 2.08. The summed E-state index contributed by atoms with van der Waals surface area (Å²) in [6.45, 7) is 2.59. The summed E-state index contributed by atoms with van der Waals surface area (Å²) < 4.78 is 0. The highest BCUT2D eigenvalue weighted by molar-refractivity contribution is 7.08. The Bertz CT molecular complexity index is 531. The quantitative estimate of drug-likeness (QED) is 0.830. The zero-order chi connectivity index (χ0) is 13.0. The lowest BCUT2D eigenvalue weighted by molar-refractivity contribution is 0.0954. The van der Waals surface area contributed by atoms with Crippen LogP contribution in [0, 0.1) is 6.92 Å². The summed E-state index contributed by atoms with van der Waals surface area (Å²) in [4.78, 5) is 11.8. The molecular weight excluding hydrogens is 244 g/mol. The van der Waals surface area contributed by atoms with Gasteiger partial charge in [-0.1, -0.05) is 12.1 Å². The van der Waals surface area contributed by atoms with Gasteiger partial charge >= 0.3 is 0 Å². The lowest BCUT2D eigenvalue weighted by atomic mass is 10.1. The first-order chi connectivity index (χ1) is 8.66. The van der Waals surface area contributed by atoms with Crippen molar-refractivity contribution in [3.63, 3.8) is 0 Å². The van der Waals surface area contributed by atoms with Crippen molar-refractivity contribution in [3.05, 3.63) is 51.7 Å². The summed E-state index contributed by atoms with van der Waals surface area (Å²) in [7, 11) is 0. The number of thiophene rings is 1. The van der Waals surface area contributed by atoms with Crippen LogP contribution in [0.3, 0.4) is 0 Å². The molecule has 0 aliphatic rings. The minimum absolute atomic E-state index is 0.00388. The average molecular weight is 260 g/mol. The predicted molar refractivity (Wildman–Crippen MR) is 75.9 cm³/mol. The molecule has 0 fully saturated rings. The van der Waals surface area contributed by atoms with Gasteiger partial charge < -0.3 is 11.1 Å². The monoisotopic (exact) mass is 260 g/mol. The van der Waals surface area contributed by atoms with Crippen molar-refractivity contribution in [1.82, 2.24) is 5.32 Å². The topological polar surface area (TPSA) is 55.1 Å². The Labute approximate surface area is 111 Å². The molecule has 1 heterocycles. The molecule has 0 spiro atoms. The Morgan fingerprint density at radius 2 is 2.00 bits per heavy atom. The van der Waals surface area contributed by atoms with Crippen molar-refractivity contribution in [2.75, 3.05) is 12.3 Å².